The van der Waals surface area contributed by atoms with Crippen LogP contribution < -0.4 is 40.9 Å². The van der Waals surface area contributed by atoms with E-state index in [2.05, 4.69) is 89.4 Å². The molecule has 524 valence electrons. The number of nitrogens with zero attached hydrogens (tertiary/aromatic N) is 9. The summed E-state index contributed by atoms with van der Waals surface area (Å²) in [5.41, 5.74) is 7.10. The highest BCUT2D eigenvalue weighted by atomic mass is 35.5. The van der Waals surface area contributed by atoms with Crippen LogP contribution in [-0.2, 0) is 19.2 Å². The molecular formula is C72H87Cl4N17O6. The van der Waals surface area contributed by atoms with Crippen molar-refractivity contribution >= 4 is 148 Å². The molecule has 8 aromatic rings. The van der Waals surface area contributed by atoms with E-state index in [0.29, 0.717) is 99.3 Å². The normalized spacial score (nSPS) is 22.2. The van der Waals surface area contributed by atoms with Gasteiger partial charge >= 0.3 is 12.1 Å². The smallest absolute Gasteiger partial charge is 0.325 e. The molecule has 18 rings (SSSR count). The topological polar surface area (TPSA) is 262 Å². The van der Waals surface area contributed by atoms with E-state index in [1.165, 1.54) is 45.5 Å². The number of halogens is 4. The molecule has 3 spiro atoms. The molecule has 1 aliphatic carbocycles. The van der Waals surface area contributed by atoms with Crippen LogP contribution in [0.4, 0.5) is 32.3 Å². The number of benzene rings is 4. The van der Waals surface area contributed by atoms with Gasteiger partial charge < -0.3 is 55.7 Å². The van der Waals surface area contributed by atoms with Gasteiger partial charge in [0.25, 0.3) is 11.8 Å². The molecule has 27 heteroatoms. The molecule has 10 fully saturated rings. The van der Waals surface area contributed by atoms with Gasteiger partial charge in [-0.25, -0.2) is 9.59 Å². The molecule has 1 saturated carbocycles. The van der Waals surface area contributed by atoms with Crippen molar-refractivity contribution in [1.29, 1.82) is 0 Å². The molecule has 8 amide bonds. The highest BCUT2D eigenvalue weighted by Crippen LogP contribution is 2.44. The lowest BCUT2D eigenvalue weighted by molar-refractivity contribution is -0.133. The average Bonchev–Trinajstić information content (AvgIpc) is 1.71. The van der Waals surface area contributed by atoms with Crippen molar-refractivity contribution in [2.24, 2.45) is 17.3 Å². The molecule has 2 atom stereocenters. The number of aromatic amines is 4. The number of amides is 8. The fourth-order valence-corrected chi connectivity index (χ4v) is 17.5. The summed E-state index contributed by atoms with van der Waals surface area (Å²) in [4.78, 5) is 95.2. The van der Waals surface area contributed by atoms with Crippen molar-refractivity contribution in [2.75, 3.05) is 112 Å². The van der Waals surface area contributed by atoms with Crippen LogP contribution >= 0.6 is 46.4 Å². The van der Waals surface area contributed by atoms with Crippen molar-refractivity contribution in [3.05, 3.63) is 106 Å². The second-order valence-corrected chi connectivity index (χ2v) is 30.6. The monoisotopic (exact) mass is 1430 g/mol. The van der Waals surface area contributed by atoms with Crippen molar-refractivity contribution < 1.29 is 28.8 Å². The van der Waals surface area contributed by atoms with E-state index in [4.69, 9.17) is 46.4 Å². The lowest BCUT2D eigenvalue weighted by atomic mass is 9.73. The van der Waals surface area contributed by atoms with Crippen LogP contribution in [0, 0.1) is 17.3 Å². The second-order valence-electron chi connectivity index (χ2n) is 28.9. The number of hydrogen-bond acceptors (Lipinski definition) is 13. The van der Waals surface area contributed by atoms with Crippen LogP contribution in [0.25, 0.3) is 43.6 Å². The first kappa shape index (κ1) is 68.2. The number of hydrogen-bond donors (Lipinski definition) is 8. The Morgan fingerprint density at radius 1 is 0.525 bits per heavy atom. The number of rotatable bonds is 9. The number of fused-ring (bicyclic) bond motifs is 8. The predicted octanol–water partition coefficient (Wildman–Crippen LogP) is 11.6. The Bertz CT molecular complexity index is 4330. The van der Waals surface area contributed by atoms with Crippen LogP contribution in [-0.4, -0.2) is 191 Å². The molecule has 0 radical (unpaired) electrons. The third-order valence-corrected chi connectivity index (χ3v) is 23.3. The van der Waals surface area contributed by atoms with Crippen LogP contribution in [0.1, 0.15) is 103 Å². The molecule has 8 N–H and O–H groups in total. The zero-order chi connectivity index (χ0) is 68.7. The molecule has 10 aliphatic rings. The number of carbonyl (C=O) groups excluding carboxylic acids is 6. The molecule has 9 aliphatic heterocycles. The standard InChI is InChI=1S/C21H26ClN5O2.C18H23ClN6O2.C18H22ClN3O.C15H16ClN3O/c22-15-10-17-16(12-23-25-17)18(11-15)26-8-6-21(7-9-26)19(28)27(20(29)24-21)13-14-4-2-1-3-5-14;1-23(2)7-8-25-16(26)18(21-17(25)27)3-5-24(6-4-18)15-10-12(19)9-14-13(15)11-20-22-14;19-13-11-15-14(2-7-20-15)16(12-13)22-9-5-18(6-10-22)3-1-17(23)21-8-4-18;16-10-5-13-12(3-4-17-13)14(6-10)19-7-9-1-2-11(8-19)18-15(9)20/h10-12,14H,1-9,13H2,(H,23,25)(H,24,29);9-11H,3-8H2,1-2H3,(H,20,22)(H,21,27);2,7,11-12,20H,1,3-6,8-10H2,(H,21,23);3-6,9,11,17H,1-2,7-8H2,(H,18,20)/t;;;9-,11+/m...1/s1. The number of urea groups is 2. The second kappa shape index (κ2) is 28.6. The average molecular weight is 1430 g/mol. The van der Waals surface area contributed by atoms with Gasteiger partial charge in [-0.1, -0.05) is 65.7 Å². The highest BCUT2D eigenvalue weighted by Gasteiger charge is 2.54. The zero-order valence-corrected chi connectivity index (χ0v) is 59.1. The van der Waals surface area contributed by atoms with Gasteiger partial charge in [0.05, 0.1) is 29.3 Å². The van der Waals surface area contributed by atoms with E-state index in [0.717, 1.165) is 144 Å². The van der Waals surface area contributed by atoms with Crippen LogP contribution in [0.3, 0.4) is 0 Å². The lowest BCUT2D eigenvalue weighted by Crippen LogP contribution is -2.55. The molecule has 13 heterocycles. The van der Waals surface area contributed by atoms with E-state index < -0.39 is 11.1 Å². The molecular weight excluding hydrogens is 1340 g/mol. The van der Waals surface area contributed by atoms with Gasteiger partial charge in [-0.05, 0) is 163 Å². The minimum atomic E-state index is -0.784. The summed E-state index contributed by atoms with van der Waals surface area (Å²) < 4.78 is 0. The first-order chi connectivity index (χ1) is 47.8. The minimum Gasteiger partial charge on any atom is -0.371 e. The Balaban J connectivity index is 0.000000114. The number of nitrogens with one attached hydrogen (secondary N) is 8. The van der Waals surface area contributed by atoms with Gasteiger partial charge in [0.15, 0.2) is 0 Å². The Morgan fingerprint density at radius 2 is 1.01 bits per heavy atom. The van der Waals surface area contributed by atoms with E-state index in [9.17, 15) is 28.8 Å². The number of H-pyrrole nitrogens is 4. The van der Waals surface area contributed by atoms with Gasteiger partial charge in [0.1, 0.15) is 11.1 Å². The number of piperidine rings is 4. The van der Waals surface area contributed by atoms with Crippen molar-refractivity contribution in [2.45, 2.75) is 120 Å². The first-order valence-electron chi connectivity index (χ1n) is 35.1. The largest absolute Gasteiger partial charge is 0.371 e. The van der Waals surface area contributed by atoms with Crippen molar-refractivity contribution in [3.8, 4) is 0 Å². The number of anilines is 4. The Hall–Kier alpha value is -7.96. The third-order valence-electron chi connectivity index (χ3n) is 22.4. The summed E-state index contributed by atoms with van der Waals surface area (Å²) >= 11 is 25.0. The maximum atomic E-state index is 13.2. The minimum absolute atomic E-state index is 0.0349. The molecule has 23 nitrogen and oxygen atoms in total. The summed E-state index contributed by atoms with van der Waals surface area (Å²) in [6.07, 6.45) is 22.9. The maximum Gasteiger partial charge on any atom is 0.325 e. The molecule has 4 aromatic heterocycles. The number of carbonyl (C=O) groups is 6. The first-order valence-corrected chi connectivity index (χ1v) is 36.6. The van der Waals surface area contributed by atoms with Crippen LogP contribution in [0.5, 0.6) is 0 Å². The van der Waals surface area contributed by atoms with Gasteiger partial charge in [-0.15, -0.1) is 0 Å². The van der Waals surface area contributed by atoms with Gasteiger partial charge in [-0.2, -0.15) is 10.2 Å². The molecule has 99 heavy (non-hydrogen) atoms. The molecule has 4 aromatic carbocycles. The summed E-state index contributed by atoms with van der Waals surface area (Å²) in [5, 5.41) is 33.5. The molecule has 2 bridgehead atoms. The van der Waals surface area contributed by atoms with E-state index >= 15 is 0 Å². The number of imide groups is 2. The number of aromatic nitrogens is 6. The summed E-state index contributed by atoms with van der Waals surface area (Å²) in [6, 6.07) is 19.6. The molecule has 9 saturated heterocycles. The van der Waals surface area contributed by atoms with Gasteiger partial charge in [-0.3, -0.25) is 39.2 Å². The summed E-state index contributed by atoms with van der Waals surface area (Å²) in [6.45, 7) is 8.87. The SMILES string of the molecule is CN(C)CCN1C(=O)NC2(CCN(c3cc(Cl)cc4[nH]ncc34)CC2)C1=O.O=C1CCC2(CCN1)CCN(c1cc(Cl)cc3[nH]ccc13)CC2.O=C1NC2(CCN(c3cc(Cl)cc4[nH]ncc34)CC2)C(=O)N1CC1CCCCC1.O=C1N[C@H]2CC[C@@H]1CN(c1cc(Cl)cc3[nH]ccc13)C2. The fraction of sp³-hybridized carbons (Fsp3) is 0.500. The van der Waals surface area contributed by atoms with Gasteiger partial charge in [0, 0.05) is 179 Å². The Kier molecular flexibility index (Phi) is 19.7. The van der Waals surface area contributed by atoms with Crippen molar-refractivity contribution in [1.82, 2.24) is 66.3 Å². The highest BCUT2D eigenvalue weighted by molar-refractivity contribution is 6.33. The maximum absolute atomic E-state index is 13.2. The van der Waals surface area contributed by atoms with E-state index in [1.807, 2.05) is 73.9 Å². The Morgan fingerprint density at radius 3 is 1.54 bits per heavy atom. The zero-order valence-electron chi connectivity index (χ0n) is 56.1. The predicted molar refractivity (Wildman–Crippen MR) is 390 cm³/mol. The van der Waals surface area contributed by atoms with Crippen LogP contribution in [0.2, 0.25) is 20.1 Å². The van der Waals surface area contributed by atoms with Crippen molar-refractivity contribution in [3.63, 3.8) is 0 Å². The number of likely N-dealkylation sites (N-methyl/N-ethyl adjacent to an activating group) is 1. The van der Waals surface area contributed by atoms with E-state index in [-0.39, 0.29) is 47.7 Å². The van der Waals surface area contributed by atoms with Crippen LogP contribution in [0.15, 0.2) is 85.5 Å². The summed E-state index contributed by atoms with van der Waals surface area (Å²) in [5.74, 6) is 0.835. The quantitative estimate of drug-likeness (QED) is 0.0626. The van der Waals surface area contributed by atoms with E-state index in [1.54, 1.807) is 12.4 Å². The lowest BCUT2D eigenvalue weighted by Gasteiger charge is -2.42. The fourth-order valence-electron chi connectivity index (χ4n) is 16.7. The third kappa shape index (κ3) is 14.3. The summed E-state index contributed by atoms with van der Waals surface area (Å²) in [7, 11) is 3.85. The Labute approximate surface area is 595 Å². The molecule has 0 unspecified atom stereocenters. The van der Waals surface area contributed by atoms with Gasteiger partial charge in [0.2, 0.25) is 11.8 Å².